The number of hydrogen-bond donors (Lipinski definition) is 1. The van der Waals surface area contributed by atoms with Crippen LogP contribution in [0.5, 0.6) is 5.75 Å². The smallest absolute Gasteiger partial charge is 0.283 e. The van der Waals surface area contributed by atoms with Crippen LogP contribution in [0.1, 0.15) is 6.92 Å². The Morgan fingerprint density at radius 3 is 2.93 bits per heavy atom. The fraction of sp³-hybridized carbons (Fsp3) is 0.333. The maximum absolute atomic E-state index is 10.6. The van der Waals surface area contributed by atoms with E-state index < -0.39 is 0 Å². The van der Waals surface area contributed by atoms with E-state index in [1.165, 1.54) is 0 Å². The highest BCUT2D eigenvalue weighted by atomic mass is 127. The van der Waals surface area contributed by atoms with Crippen LogP contribution in [0.4, 0.5) is 0 Å². The van der Waals surface area contributed by atoms with E-state index in [1.54, 1.807) is 17.0 Å². The molecule has 2 N–H and O–H groups in total. The number of ether oxygens (including phenoxy) is 1. The van der Waals surface area contributed by atoms with Crippen LogP contribution in [0.15, 0.2) is 24.5 Å². The Balaban J connectivity index is 0.00000169. The van der Waals surface area contributed by atoms with Crippen molar-refractivity contribution in [1.82, 2.24) is 0 Å². The Kier molecular flexibility index (Phi) is 6.18. The van der Waals surface area contributed by atoms with Crippen molar-refractivity contribution < 1.29 is 38.1 Å². The van der Waals surface area contributed by atoms with Crippen molar-refractivity contribution in [2.24, 2.45) is 5.73 Å². The fourth-order valence-electron chi connectivity index (χ4n) is 1.03. The SMILES string of the molecule is CCOc1ccc[n+](CC(N)=O)c1.[I-]. The van der Waals surface area contributed by atoms with Crippen LogP contribution in [0.25, 0.3) is 0 Å². The van der Waals surface area contributed by atoms with Crippen LogP contribution >= 0.6 is 0 Å². The lowest BCUT2D eigenvalue weighted by atomic mass is 10.4. The van der Waals surface area contributed by atoms with E-state index in [2.05, 4.69) is 0 Å². The fourth-order valence-corrected chi connectivity index (χ4v) is 1.03. The summed E-state index contributed by atoms with van der Waals surface area (Å²) in [5, 5.41) is 0. The maximum atomic E-state index is 10.6. The molecule has 4 nitrogen and oxygen atoms in total. The Morgan fingerprint density at radius 1 is 1.64 bits per heavy atom. The minimum atomic E-state index is -0.362. The number of amides is 1. The van der Waals surface area contributed by atoms with Crippen LogP contribution < -0.4 is 39.0 Å². The zero-order valence-corrected chi connectivity index (χ0v) is 10.1. The van der Waals surface area contributed by atoms with E-state index in [-0.39, 0.29) is 36.4 Å². The summed E-state index contributed by atoms with van der Waals surface area (Å²) in [5.41, 5.74) is 5.05. The molecule has 0 saturated heterocycles. The lowest BCUT2D eigenvalue weighted by Crippen LogP contribution is -3.00. The number of nitrogens with two attached hydrogens (primary N) is 1. The van der Waals surface area contributed by atoms with Crippen LogP contribution in [-0.4, -0.2) is 12.5 Å². The maximum Gasteiger partial charge on any atom is 0.283 e. The first-order chi connectivity index (χ1) is 6.22. The number of carbonyl (C=O) groups is 1. The predicted molar refractivity (Wildman–Crippen MR) is 47.0 cm³/mol. The first kappa shape index (κ1) is 13.2. The number of carbonyl (C=O) groups excluding carboxylic acids is 1. The van der Waals surface area contributed by atoms with Gasteiger partial charge in [0.25, 0.3) is 5.91 Å². The Labute approximate surface area is 100 Å². The van der Waals surface area contributed by atoms with Gasteiger partial charge in [-0.2, -0.15) is 4.57 Å². The zero-order chi connectivity index (χ0) is 9.68. The summed E-state index contributed by atoms with van der Waals surface area (Å²) in [4.78, 5) is 10.6. The molecule has 1 heterocycles. The summed E-state index contributed by atoms with van der Waals surface area (Å²) in [6.07, 6.45) is 3.52. The van der Waals surface area contributed by atoms with Crippen molar-refractivity contribution in [2.75, 3.05) is 6.61 Å². The average Bonchev–Trinajstić information content (AvgIpc) is 2.04. The Morgan fingerprint density at radius 2 is 2.36 bits per heavy atom. The molecule has 1 rings (SSSR count). The van der Waals surface area contributed by atoms with Gasteiger partial charge in [-0.1, -0.05) is 0 Å². The van der Waals surface area contributed by atoms with Crippen molar-refractivity contribution in [3.05, 3.63) is 24.5 Å². The second-order valence-electron chi connectivity index (χ2n) is 2.61. The van der Waals surface area contributed by atoms with Gasteiger partial charge in [0.15, 0.2) is 11.9 Å². The van der Waals surface area contributed by atoms with Gasteiger partial charge in [0, 0.05) is 6.07 Å². The van der Waals surface area contributed by atoms with E-state index in [1.807, 2.05) is 19.1 Å². The van der Waals surface area contributed by atoms with Gasteiger partial charge in [0.05, 0.1) is 6.61 Å². The van der Waals surface area contributed by atoms with E-state index in [4.69, 9.17) is 10.5 Å². The molecular formula is C9H13IN2O2. The third-order valence-electron chi connectivity index (χ3n) is 1.48. The summed E-state index contributed by atoms with van der Waals surface area (Å²) >= 11 is 0. The zero-order valence-electron chi connectivity index (χ0n) is 7.94. The van der Waals surface area contributed by atoms with E-state index in [9.17, 15) is 4.79 Å². The lowest BCUT2D eigenvalue weighted by Gasteiger charge is -2.00. The molecule has 0 aliphatic rings. The largest absolute Gasteiger partial charge is 1.00 e. The normalized spacial score (nSPS) is 8.93. The molecule has 78 valence electrons. The molecule has 5 heteroatoms. The Hall–Kier alpha value is -0.850. The molecule has 0 radical (unpaired) electrons. The predicted octanol–water partition coefficient (Wildman–Crippen LogP) is -3.14. The highest BCUT2D eigenvalue weighted by molar-refractivity contribution is 5.72. The van der Waals surface area contributed by atoms with Gasteiger partial charge < -0.3 is 34.4 Å². The lowest BCUT2D eigenvalue weighted by molar-refractivity contribution is -0.684. The molecular weight excluding hydrogens is 295 g/mol. The van der Waals surface area contributed by atoms with Crippen molar-refractivity contribution in [3.63, 3.8) is 0 Å². The molecule has 0 bridgehead atoms. The minimum Gasteiger partial charge on any atom is -1.00 e. The van der Waals surface area contributed by atoms with Crippen molar-refractivity contribution >= 4 is 5.91 Å². The van der Waals surface area contributed by atoms with Gasteiger partial charge in [-0.05, 0) is 13.0 Å². The van der Waals surface area contributed by atoms with Gasteiger partial charge in [-0.15, -0.1) is 0 Å². The Bertz CT molecular complexity index is 305. The van der Waals surface area contributed by atoms with Crippen LogP contribution in [0, 0.1) is 0 Å². The molecule has 0 aliphatic heterocycles. The summed E-state index contributed by atoms with van der Waals surface area (Å²) in [6.45, 7) is 2.70. The molecule has 0 saturated carbocycles. The van der Waals surface area contributed by atoms with Crippen molar-refractivity contribution in [2.45, 2.75) is 13.5 Å². The number of primary amides is 1. The molecule has 0 atom stereocenters. The van der Waals surface area contributed by atoms with Gasteiger partial charge >= 0.3 is 0 Å². The molecule has 0 unspecified atom stereocenters. The summed E-state index contributed by atoms with van der Waals surface area (Å²) in [7, 11) is 0. The monoisotopic (exact) mass is 308 g/mol. The van der Waals surface area contributed by atoms with Gasteiger partial charge in [-0.3, -0.25) is 4.79 Å². The molecule has 0 aromatic carbocycles. The number of halogens is 1. The number of rotatable bonds is 4. The first-order valence-corrected chi connectivity index (χ1v) is 4.12. The molecule has 1 amide bonds. The minimum absolute atomic E-state index is 0. The summed E-state index contributed by atoms with van der Waals surface area (Å²) < 4.78 is 6.94. The van der Waals surface area contributed by atoms with E-state index in [0.717, 1.165) is 5.75 Å². The second-order valence-corrected chi connectivity index (χ2v) is 2.61. The highest BCUT2D eigenvalue weighted by Crippen LogP contribution is 2.04. The number of pyridine rings is 1. The van der Waals surface area contributed by atoms with Crippen molar-refractivity contribution in [3.8, 4) is 5.75 Å². The van der Waals surface area contributed by atoms with Gasteiger partial charge in [-0.25, -0.2) is 0 Å². The van der Waals surface area contributed by atoms with Crippen molar-refractivity contribution in [1.29, 1.82) is 0 Å². The van der Waals surface area contributed by atoms with Gasteiger partial charge in [0.2, 0.25) is 12.7 Å². The molecule has 1 aromatic rings. The average molecular weight is 308 g/mol. The standard InChI is InChI=1S/C9H12N2O2.HI/c1-2-13-8-4-3-5-11(6-8)7-9(10)12;/h3-6H,2,7H2,1H3,(H-,10,12);1H. The molecule has 1 aromatic heterocycles. The molecule has 0 spiro atoms. The van der Waals surface area contributed by atoms with Gasteiger partial charge in [0.1, 0.15) is 0 Å². The van der Waals surface area contributed by atoms with E-state index >= 15 is 0 Å². The van der Waals surface area contributed by atoms with Crippen LogP contribution in [0.3, 0.4) is 0 Å². The number of nitrogens with zero attached hydrogens (tertiary/aromatic N) is 1. The molecule has 14 heavy (non-hydrogen) atoms. The molecule has 0 fully saturated rings. The third kappa shape index (κ3) is 4.40. The topological polar surface area (TPSA) is 56.2 Å². The molecule has 0 aliphatic carbocycles. The van der Waals surface area contributed by atoms with Crippen LogP contribution in [-0.2, 0) is 11.3 Å². The summed E-state index contributed by atoms with van der Waals surface area (Å²) in [6, 6.07) is 3.65. The number of aromatic nitrogens is 1. The highest BCUT2D eigenvalue weighted by Gasteiger charge is 2.05. The number of hydrogen-bond acceptors (Lipinski definition) is 2. The quantitative estimate of drug-likeness (QED) is 0.472. The first-order valence-electron chi connectivity index (χ1n) is 4.12. The van der Waals surface area contributed by atoms with E-state index in [0.29, 0.717) is 6.61 Å². The third-order valence-corrected chi connectivity index (χ3v) is 1.48. The van der Waals surface area contributed by atoms with Crippen LogP contribution in [0.2, 0.25) is 0 Å². The second kappa shape index (κ2) is 6.58. The summed E-state index contributed by atoms with van der Waals surface area (Å²) in [5.74, 6) is 0.380.